The van der Waals surface area contributed by atoms with Crippen LogP contribution in [0.4, 0.5) is 0 Å². The van der Waals surface area contributed by atoms with Gasteiger partial charge in [-0.15, -0.1) is 0 Å². The number of nitrogens with zero attached hydrogens (tertiary/aromatic N) is 1. The molecule has 1 aromatic rings. The first-order valence-electron chi connectivity index (χ1n) is 6.78. The van der Waals surface area contributed by atoms with Crippen molar-refractivity contribution in [2.24, 2.45) is 0 Å². The van der Waals surface area contributed by atoms with E-state index in [1.54, 1.807) is 26.0 Å². The molecule has 0 saturated heterocycles. The molecule has 0 aliphatic rings. The van der Waals surface area contributed by atoms with Gasteiger partial charge >= 0.3 is 0 Å². The Morgan fingerprint density at radius 2 is 2.05 bits per heavy atom. The summed E-state index contributed by atoms with van der Waals surface area (Å²) in [6.07, 6.45) is 0.458. The number of amides is 1. The molecule has 0 aliphatic heterocycles. The average molecular weight is 314 g/mol. The Balaban J connectivity index is 2.98. The van der Waals surface area contributed by atoms with Crippen molar-refractivity contribution in [3.63, 3.8) is 0 Å². The lowest BCUT2D eigenvalue weighted by Crippen LogP contribution is -2.33. The molecule has 1 amide bonds. The molecule has 1 rings (SSSR count). The second-order valence-electron chi connectivity index (χ2n) is 4.98. The van der Waals surface area contributed by atoms with Gasteiger partial charge in [-0.25, -0.2) is 8.42 Å². The summed E-state index contributed by atoms with van der Waals surface area (Å²) in [5.41, 5.74) is 0.283. The minimum absolute atomic E-state index is 0.00607. The molecule has 0 atom stereocenters. The van der Waals surface area contributed by atoms with E-state index < -0.39 is 10.0 Å². The highest BCUT2D eigenvalue weighted by molar-refractivity contribution is 7.89. The van der Waals surface area contributed by atoms with Crippen molar-refractivity contribution in [3.8, 4) is 0 Å². The quantitative estimate of drug-likeness (QED) is 0.730. The molecule has 0 unspecified atom stereocenters. The molecular weight excluding hydrogens is 292 g/mol. The van der Waals surface area contributed by atoms with Crippen LogP contribution in [-0.4, -0.2) is 50.0 Å². The Labute approximate surface area is 125 Å². The summed E-state index contributed by atoms with van der Waals surface area (Å²) >= 11 is 0. The van der Waals surface area contributed by atoms with Gasteiger partial charge in [-0.3, -0.25) is 4.79 Å². The first kappa shape index (κ1) is 17.6. The van der Waals surface area contributed by atoms with Gasteiger partial charge in [0.15, 0.2) is 0 Å². The summed E-state index contributed by atoms with van der Waals surface area (Å²) < 4.78 is 26.0. The summed E-state index contributed by atoms with van der Waals surface area (Å²) in [5.74, 6) is -0.354. The highest BCUT2D eigenvalue weighted by Gasteiger charge is 2.23. The number of aliphatic hydroxyl groups is 1. The van der Waals surface area contributed by atoms with Crippen LogP contribution >= 0.6 is 0 Å². The molecule has 21 heavy (non-hydrogen) atoms. The molecule has 0 aliphatic carbocycles. The number of hydrogen-bond donors (Lipinski definition) is 2. The van der Waals surface area contributed by atoms with Crippen molar-refractivity contribution in [2.45, 2.75) is 31.2 Å². The molecule has 0 aromatic heterocycles. The Morgan fingerprint density at radius 1 is 1.38 bits per heavy atom. The summed E-state index contributed by atoms with van der Waals surface area (Å²) in [4.78, 5) is 12.0. The van der Waals surface area contributed by atoms with Gasteiger partial charge in [-0.05, 0) is 38.5 Å². The number of hydrogen-bond acceptors (Lipinski definition) is 4. The third-order valence-corrected chi connectivity index (χ3v) is 5.15. The van der Waals surface area contributed by atoms with Crippen molar-refractivity contribution in [2.75, 3.05) is 20.2 Å². The normalized spacial score (nSPS) is 11.9. The fourth-order valence-electron chi connectivity index (χ4n) is 1.62. The van der Waals surface area contributed by atoms with Crippen molar-refractivity contribution in [1.82, 2.24) is 9.62 Å². The fourth-order valence-corrected chi connectivity index (χ4v) is 3.04. The second kappa shape index (κ2) is 7.53. The highest BCUT2D eigenvalue weighted by Crippen LogP contribution is 2.17. The van der Waals surface area contributed by atoms with Crippen LogP contribution in [0.25, 0.3) is 0 Å². The van der Waals surface area contributed by atoms with Gasteiger partial charge in [0.05, 0.1) is 4.90 Å². The van der Waals surface area contributed by atoms with Crippen LogP contribution in [0.2, 0.25) is 0 Å². The molecule has 6 nitrogen and oxygen atoms in total. The van der Waals surface area contributed by atoms with E-state index in [2.05, 4.69) is 5.32 Å². The van der Waals surface area contributed by atoms with E-state index in [4.69, 9.17) is 5.11 Å². The van der Waals surface area contributed by atoms with Crippen LogP contribution in [0.1, 0.15) is 30.6 Å². The molecule has 0 radical (unpaired) electrons. The molecular formula is C14H22N2O4S. The Kier molecular flexibility index (Phi) is 6.32. The monoisotopic (exact) mass is 314 g/mol. The third kappa shape index (κ3) is 4.52. The maximum atomic E-state index is 12.4. The summed E-state index contributed by atoms with van der Waals surface area (Å²) in [6.45, 7) is 3.90. The van der Waals surface area contributed by atoms with Crippen LogP contribution in [-0.2, 0) is 10.0 Å². The molecule has 7 heteroatoms. The molecule has 1 aromatic carbocycles. The smallest absolute Gasteiger partial charge is 0.251 e. The lowest BCUT2D eigenvalue weighted by atomic mass is 10.2. The van der Waals surface area contributed by atoms with E-state index >= 15 is 0 Å². The van der Waals surface area contributed by atoms with E-state index in [-0.39, 0.29) is 29.0 Å². The summed E-state index contributed by atoms with van der Waals surface area (Å²) in [7, 11) is -2.10. The van der Waals surface area contributed by atoms with Crippen molar-refractivity contribution < 1.29 is 18.3 Å². The number of carbonyl (C=O) groups is 1. The molecule has 0 bridgehead atoms. The molecule has 0 heterocycles. The average Bonchev–Trinajstić information content (AvgIpc) is 2.46. The number of sulfonamides is 1. The number of benzene rings is 1. The van der Waals surface area contributed by atoms with Crippen LogP contribution in [0.3, 0.4) is 0 Å². The van der Waals surface area contributed by atoms with Gasteiger partial charge in [0.25, 0.3) is 5.91 Å². The maximum absolute atomic E-state index is 12.4. The molecule has 2 N–H and O–H groups in total. The molecule has 0 spiro atoms. The van der Waals surface area contributed by atoms with Crippen molar-refractivity contribution in [3.05, 3.63) is 29.8 Å². The van der Waals surface area contributed by atoms with Crippen LogP contribution < -0.4 is 5.32 Å². The maximum Gasteiger partial charge on any atom is 0.251 e. The standard InChI is InChI=1S/C14H22N2O4S/c1-11(2)16(3)21(19,20)13-7-4-6-12(10-13)14(18)15-8-5-9-17/h4,6-7,10-11,17H,5,8-9H2,1-3H3,(H,15,18). The minimum Gasteiger partial charge on any atom is -0.396 e. The molecule has 0 fully saturated rings. The van der Waals surface area contributed by atoms with E-state index in [0.29, 0.717) is 13.0 Å². The topological polar surface area (TPSA) is 86.7 Å². The lowest BCUT2D eigenvalue weighted by molar-refractivity contribution is 0.0951. The van der Waals surface area contributed by atoms with Crippen LogP contribution in [0.5, 0.6) is 0 Å². The predicted octanol–water partition coefficient (Wildman–Crippen LogP) is 0.828. The largest absolute Gasteiger partial charge is 0.396 e. The van der Waals surface area contributed by atoms with Gasteiger partial charge < -0.3 is 10.4 Å². The van der Waals surface area contributed by atoms with E-state index in [9.17, 15) is 13.2 Å². The van der Waals surface area contributed by atoms with E-state index in [0.717, 1.165) is 0 Å². The lowest BCUT2D eigenvalue weighted by Gasteiger charge is -2.21. The summed E-state index contributed by atoms with van der Waals surface area (Å²) in [5, 5.41) is 11.3. The zero-order chi connectivity index (χ0) is 16.0. The Hall–Kier alpha value is -1.44. The van der Waals surface area contributed by atoms with Gasteiger partial charge in [0.1, 0.15) is 0 Å². The molecule has 118 valence electrons. The first-order chi connectivity index (χ1) is 9.80. The number of carbonyl (C=O) groups excluding carboxylic acids is 1. The first-order valence-corrected chi connectivity index (χ1v) is 8.22. The highest BCUT2D eigenvalue weighted by atomic mass is 32.2. The van der Waals surface area contributed by atoms with Gasteiger partial charge in [0, 0.05) is 31.8 Å². The van der Waals surface area contributed by atoms with Crippen molar-refractivity contribution >= 4 is 15.9 Å². The van der Waals surface area contributed by atoms with Gasteiger partial charge in [0.2, 0.25) is 10.0 Å². The Morgan fingerprint density at radius 3 is 2.62 bits per heavy atom. The van der Waals surface area contributed by atoms with Crippen LogP contribution in [0.15, 0.2) is 29.2 Å². The summed E-state index contributed by atoms with van der Waals surface area (Å²) in [6, 6.07) is 5.77. The van der Waals surface area contributed by atoms with E-state index in [1.165, 1.54) is 23.5 Å². The van der Waals surface area contributed by atoms with Crippen LogP contribution in [0, 0.1) is 0 Å². The minimum atomic E-state index is -3.61. The van der Waals surface area contributed by atoms with Gasteiger partial charge in [-0.1, -0.05) is 6.07 Å². The number of nitrogens with one attached hydrogen (secondary N) is 1. The fraction of sp³-hybridized carbons (Fsp3) is 0.500. The van der Waals surface area contributed by atoms with E-state index in [1.807, 2.05) is 0 Å². The number of aliphatic hydroxyl groups excluding tert-OH is 1. The van der Waals surface area contributed by atoms with Gasteiger partial charge in [-0.2, -0.15) is 4.31 Å². The van der Waals surface area contributed by atoms with Crippen molar-refractivity contribution in [1.29, 1.82) is 0 Å². The number of rotatable bonds is 7. The zero-order valence-corrected chi connectivity index (χ0v) is 13.4. The second-order valence-corrected chi connectivity index (χ2v) is 6.97. The SMILES string of the molecule is CC(C)N(C)S(=O)(=O)c1cccc(C(=O)NCCCO)c1. The molecule has 0 saturated carbocycles. The Bertz CT molecular complexity index is 584. The zero-order valence-electron chi connectivity index (χ0n) is 12.5. The third-order valence-electron chi connectivity index (χ3n) is 3.12. The predicted molar refractivity (Wildman–Crippen MR) is 80.6 cm³/mol.